The van der Waals surface area contributed by atoms with Crippen molar-refractivity contribution < 1.29 is 8.42 Å². The van der Waals surface area contributed by atoms with Gasteiger partial charge >= 0.3 is 0 Å². The Labute approximate surface area is 113 Å². The first-order valence-electron chi connectivity index (χ1n) is 6.03. The van der Waals surface area contributed by atoms with Crippen LogP contribution in [0.15, 0.2) is 24.3 Å². The Morgan fingerprint density at radius 2 is 1.74 bits per heavy atom. The van der Waals surface area contributed by atoms with Gasteiger partial charge in [0.25, 0.3) is 0 Å². The fourth-order valence-corrected chi connectivity index (χ4v) is 4.41. The summed E-state index contributed by atoms with van der Waals surface area (Å²) in [6.07, 6.45) is 0. The van der Waals surface area contributed by atoms with Crippen LogP contribution in [0, 0.1) is 35.0 Å². The third-order valence-corrected chi connectivity index (χ3v) is 5.95. The number of hydrogen-bond acceptors (Lipinski definition) is 4. The number of benzene rings is 1. The molecule has 5 heteroatoms. The molecule has 19 heavy (non-hydrogen) atoms. The summed E-state index contributed by atoms with van der Waals surface area (Å²) >= 11 is 0. The van der Waals surface area contributed by atoms with Crippen molar-refractivity contribution in [1.82, 2.24) is 0 Å². The van der Waals surface area contributed by atoms with E-state index >= 15 is 0 Å². The van der Waals surface area contributed by atoms with Gasteiger partial charge in [-0.15, -0.1) is 0 Å². The highest BCUT2D eigenvalue weighted by Gasteiger charge is 2.72. The number of sulfone groups is 1. The van der Waals surface area contributed by atoms with Crippen LogP contribution in [0.3, 0.4) is 0 Å². The Kier molecular flexibility index (Phi) is 3.12. The zero-order valence-electron chi connectivity index (χ0n) is 10.8. The van der Waals surface area contributed by atoms with E-state index in [0.29, 0.717) is 0 Å². The van der Waals surface area contributed by atoms with Gasteiger partial charge in [-0.05, 0) is 12.5 Å². The minimum atomic E-state index is -3.41. The topological polar surface area (TPSA) is 81.7 Å². The molecule has 1 aliphatic carbocycles. The van der Waals surface area contributed by atoms with Crippen LogP contribution in [0.25, 0.3) is 0 Å². The standard InChI is InChI=1S/C14H14N2O2S/c1-3-19(17,18)13-12(14(13,8-15)9-16)11-6-4-10(2)5-7-11/h4-7,12-13H,3H2,1-2H3. The summed E-state index contributed by atoms with van der Waals surface area (Å²) in [6, 6.07) is 11.2. The maximum atomic E-state index is 12.0. The van der Waals surface area contributed by atoms with Crippen LogP contribution < -0.4 is 0 Å². The molecule has 1 fully saturated rings. The smallest absolute Gasteiger partial charge is 0.169 e. The molecular weight excluding hydrogens is 260 g/mol. The summed E-state index contributed by atoms with van der Waals surface area (Å²) in [5.41, 5.74) is 0.374. The SMILES string of the molecule is CCS(=O)(=O)C1C(c2ccc(C)cc2)C1(C#N)C#N. The van der Waals surface area contributed by atoms with E-state index in [4.69, 9.17) is 0 Å². The molecule has 2 unspecified atom stereocenters. The third kappa shape index (κ3) is 1.91. The average Bonchev–Trinajstić information content (AvgIpc) is 3.10. The van der Waals surface area contributed by atoms with Gasteiger partial charge in [-0.2, -0.15) is 10.5 Å². The van der Waals surface area contributed by atoms with E-state index in [1.807, 2.05) is 31.2 Å². The van der Waals surface area contributed by atoms with E-state index < -0.39 is 26.4 Å². The molecule has 0 radical (unpaired) electrons. The predicted molar refractivity (Wildman–Crippen MR) is 70.8 cm³/mol. The minimum absolute atomic E-state index is 0.0505. The highest BCUT2D eigenvalue weighted by molar-refractivity contribution is 7.92. The van der Waals surface area contributed by atoms with E-state index in [9.17, 15) is 18.9 Å². The van der Waals surface area contributed by atoms with Crippen LogP contribution >= 0.6 is 0 Å². The highest BCUT2D eigenvalue weighted by Crippen LogP contribution is 2.62. The summed E-state index contributed by atoms with van der Waals surface area (Å²) in [5.74, 6) is -0.585. The van der Waals surface area contributed by atoms with Crippen LogP contribution in [0.5, 0.6) is 0 Å². The molecule has 1 aliphatic rings. The second-order valence-electron chi connectivity index (χ2n) is 4.85. The molecule has 4 nitrogen and oxygen atoms in total. The molecule has 0 aliphatic heterocycles. The van der Waals surface area contributed by atoms with Crippen LogP contribution in [-0.4, -0.2) is 19.4 Å². The van der Waals surface area contributed by atoms with Gasteiger partial charge in [0.15, 0.2) is 15.3 Å². The lowest BCUT2D eigenvalue weighted by Gasteiger charge is -2.00. The first-order valence-corrected chi connectivity index (χ1v) is 7.75. The lowest BCUT2D eigenvalue weighted by atomic mass is 10.0. The molecule has 1 aromatic rings. The molecular formula is C14H14N2O2S. The molecule has 0 saturated heterocycles. The number of hydrogen-bond donors (Lipinski definition) is 0. The average molecular weight is 274 g/mol. The minimum Gasteiger partial charge on any atom is -0.228 e. The number of nitrogens with zero attached hydrogens (tertiary/aromatic N) is 2. The van der Waals surface area contributed by atoms with Crippen LogP contribution in [0.1, 0.15) is 24.0 Å². The Morgan fingerprint density at radius 3 is 2.16 bits per heavy atom. The van der Waals surface area contributed by atoms with Crippen LogP contribution in [0.2, 0.25) is 0 Å². The third-order valence-electron chi connectivity index (χ3n) is 3.73. The summed E-state index contributed by atoms with van der Waals surface area (Å²) in [7, 11) is -3.41. The molecule has 0 heterocycles. The molecule has 98 valence electrons. The molecule has 1 saturated carbocycles. The Hall–Kier alpha value is -1.85. The normalized spacial score (nSPS) is 24.2. The van der Waals surface area contributed by atoms with Gasteiger partial charge in [-0.1, -0.05) is 36.8 Å². The van der Waals surface area contributed by atoms with Gasteiger partial charge in [0.1, 0.15) is 5.25 Å². The van der Waals surface area contributed by atoms with Gasteiger partial charge in [0, 0.05) is 11.7 Å². The maximum absolute atomic E-state index is 12.0. The lowest BCUT2D eigenvalue weighted by molar-refractivity contribution is 0.592. The number of rotatable bonds is 3. The summed E-state index contributed by atoms with van der Waals surface area (Å²) in [6.45, 7) is 3.47. The Balaban J connectivity index is 2.50. The summed E-state index contributed by atoms with van der Waals surface area (Å²) in [4.78, 5) is 0. The van der Waals surface area contributed by atoms with E-state index in [1.165, 1.54) is 0 Å². The zero-order valence-corrected chi connectivity index (χ0v) is 11.6. The lowest BCUT2D eigenvalue weighted by Crippen LogP contribution is -2.15. The molecule has 1 aromatic carbocycles. The van der Waals surface area contributed by atoms with Gasteiger partial charge in [0.2, 0.25) is 0 Å². The summed E-state index contributed by atoms with van der Waals surface area (Å²) < 4.78 is 24.1. The van der Waals surface area contributed by atoms with Crippen molar-refractivity contribution in [3.63, 3.8) is 0 Å². The van der Waals surface area contributed by atoms with Crippen molar-refractivity contribution in [3.8, 4) is 12.1 Å². The van der Waals surface area contributed by atoms with E-state index in [0.717, 1.165) is 11.1 Å². The molecule has 0 amide bonds. The molecule has 2 rings (SSSR count). The zero-order chi connectivity index (χ0) is 14.3. The molecule has 0 bridgehead atoms. The maximum Gasteiger partial charge on any atom is 0.169 e. The van der Waals surface area contributed by atoms with Crippen molar-refractivity contribution in [1.29, 1.82) is 10.5 Å². The largest absolute Gasteiger partial charge is 0.228 e. The van der Waals surface area contributed by atoms with Gasteiger partial charge in [-0.25, -0.2) is 8.42 Å². The van der Waals surface area contributed by atoms with Crippen molar-refractivity contribution in [2.24, 2.45) is 5.41 Å². The van der Waals surface area contributed by atoms with Gasteiger partial charge in [-0.3, -0.25) is 0 Å². The molecule has 0 aromatic heterocycles. The monoisotopic (exact) mass is 274 g/mol. The van der Waals surface area contributed by atoms with Gasteiger partial charge in [0.05, 0.1) is 12.1 Å². The van der Waals surface area contributed by atoms with Crippen molar-refractivity contribution in [3.05, 3.63) is 35.4 Å². The Bertz CT molecular complexity index is 664. The fourth-order valence-electron chi connectivity index (χ4n) is 2.53. The first kappa shape index (κ1) is 13.6. The van der Waals surface area contributed by atoms with Crippen molar-refractivity contribution >= 4 is 9.84 Å². The van der Waals surface area contributed by atoms with E-state index in [2.05, 4.69) is 0 Å². The number of nitriles is 2. The Morgan fingerprint density at radius 1 is 1.21 bits per heavy atom. The van der Waals surface area contributed by atoms with Gasteiger partial charge < -0.3 is 0 Å². The second-order valence-corrected chi connectivity index (χ2v) is 7.26. The van der Waals surface area contributed by atoms with Crippen molar-refractivity contribution in [2.45, 2.75) is 25.0 Å². The summed E-state index contributed by atoms with van der Waals surface area (Å²) in [5, 5.41) is 17.6. The van der Waals surface area contributed by atoms with Crippen LogP contribution in [-0.2, 0) is 9.84 Å². The quantitative estimate of drug-likeness (QED) is 0.843. The predicted octanol–water partition coefficient (Wildman–Crippen LogP) is 1.93. The first-order chi connectivity index (χ1) is 8.93. The van der Waals surface area contributed by atoms with E-state index in [-0.39, 0.29) is 5.75 Å². The molecule has 0 N–H and O–H groups in total. The molecule has 2 atom stereocenters. The molecule has 0 spiro atoms. The number of aryl methyl sites for hydroxylation is 1. The highest BCUT2D eigenvalue weighted by atomic mass is 32.2. The van der Waals surface area contributed by atoms with Crippen molar-refractivity contribution in [2.75, 3.05) is 5.75 Å². The van der Waals surface area contributed by atoms with Crippen LogP contribution in [0.4, 0.5) is 0 Å². The van der Waals surface area contributed by atoms with E-state index in [1.54, 1.807) is 19.1 Å². The second kappa shape index (κ2) is 4.36. The fraction of sp³-hybridized carbons (Fsp3) is 0.429.